The first kappa shape index (κ1) is 13.0. The van der Waals surface area contributed by atoms with E-state index in [1.807, 2.05) is 6.92 Å². The summed E-state index contributed by atoms with van der Waals surface area (Å²) in [6, 6.07) is 0.131. The van der Waals surface area contributed by atoms with Gasteiger partial charge in [0.15, 0.2) is 0 Å². The van der Waals surface area contributed by atoms with E-state index in [1.165, 1.54) is 11.3 Å². The highest BCUT2D eigenvalue weighted by molar-refractivity contribution is 7.11. The fourth-order valence-electron chi connectivity index (χ4n) is 2.31. The molecule has 1 aliphatic carbocycles. The van der Waals surface area contributed by atoms with Gasteiger partial charge >= 0.3 is 0 Å². The van der Waals surface area contributed by atoms with Crippen LogP contribution in [0.5, 0.6) is 0 Å². The number of thiazole rings is 1. The van der Waals surface area contributed by atoms with Crippen molar-refractivity contribution < 1.29 is 4.74 Å². The van der Waals surface area contributed by atoms with Crippen LogP contribution < -0.4 is 5.73 Å². The van der Waals surface area contributed by atoms with E-state index < -0.39 is 0 Å². The van der Waals surface area contributed by atoms with Crippen molar-refractivity contribution in [1.82, 2.24) is 4.98 Å². The monoisotopic (exact) mass is 254 g/mol. The number of nitrogens with zero attached hydrogens (tertiary/aromatic N) is 1. The Morgan fingerprint density at radius 2 is 2.29 bits per heavy atom. The number of fused-ring (bicyclic) bond motifs is 1. The quantitative estimate of drug-likeness (QED) is 0.898. The van der Waals surface area contributed by atoms with E-state index >= 15 is 0 Å². The minimum Gasteiger partial charge on any atom is -0.368 e. The summed E-state index contributed by atoms with van der Waals surface area (Å²) in [6.07, 6.45) is 4.33. The van der Waals surface area contributed by atoms with E-state index in [9.17, 15) is 0 Å². The summed E-state index contributed by atoms with van der Waals surface area (Å²) in [5.74, 6) is 0. The zero-order chi connectivity index (χ0) is 12.5. The van der Waals surface area contributed by atoms with Gasteiger partial charge in [-0.15, -0.1) is 11.3 Å². The summed E-state index contributed by atoms with van der Waals surface area (Å²) in [5, 5.41) is 1.10. The molecule has 0 aliphatic heterocycles. The largest absolute Gasteiger partial charge is 0.368 e. The lowest BCUT2D eigenvalue weighted by Crippen LogP contribution is -2.25. The highest BCUT2D eigenvalue weighted by Crippen LogP contribution is 2.38. The topological polar surface area (TPSA) is 48.1 Å². The van der Waals surface area contributed by atoms with E-state index in [2.05, 4.69) is 13.8 Å². The van der Waals surface area contributed by atoms with E-state index in [-0.39, 0.29) is 11.6 Å². The van der Waals surface area contributed by atoms with Crippen molar-refractivity contribution in [3.63, 3.8) is 0 Å². The van der Waals surface area contributed by atoms with Gasteiger partial charge in [0.05, 0.1) is 5.69 Å². The number of aromatic nitrogens is 1. The molecule has 4 heteroatoms. The fraction of sp³-hybridized carbons (Fsp3) is 0.769. The van der Waals surface area contributed by atoms with Crippen molar-refractivity contribution in [1.29, 1.82) is 0 Å². The van der Waals surface area contributed by atoms with Crippen LogP contribution in [0.25, 0.3) is 0 Å². The highest BCUT2D eigenvalue weighted by atomic mass is 32.1. The lowest BCUT2D eigenvalue weighted by molar-refractivity contribution is -0.0325. The molecule has 96 valence electrons. The second-order valence-corrected chi connectivity index (χ2v) is 5.93. The summed E-state index contributed by atoms with van der Waals surface area (Å²) in [4.78, 5) is 6.14. The molecular formula is C13H22N2OS. The lowest BCUT2D eigenvalue weighted by Gasteiger charge is -2.25. The number of aryl methyl sites for hydroxylation is 1. The number of nitrogens with two attached hydrogens (primary N) is 1. The lowest BCUT2D eigenvalue weighted by atomic mass is 9.98. The Balaban J connectivity index is 2.33. The van der Waals surface area contributed by atoms with Crippen molar-refractivity contribution in [3.8, 4) is 0 Å². The Hall–Kier alpha value is -0.450. The van der Waals surface area contributed by atoms with Crippen LogP contribution in [0.3, 0.4) is 0 Å². The van der Waals surface area contributed by atoms with Gasteiger partial charge < -0.3 is 10.5 Å². The van der Waals surface area contributed by atoms with E-state index in [0.717, 1.165) is 36.6 Å². The molecule has 0 bridgehead atoms. The molecule has 1 aromatic heterocycles. The standard InChI is InChI=1S/C13H22N2OS/c1-4-13(3,16-5-2)12-15-11-9(14)7-6-8-10(11)17-12/h9H,4-8,14H2,1-3H3. The summed E-state index contributed by atoms with van der Waals surface area (Å²) in [7, 11) is 0. The molecule has 2 atom stereocenters. The smallest absolute Gasteiger partial charge is 0.125 e. The van der Waals surface area contributed by atoms with Gasteiger partial charge in [-0.3, -0.25) is 0 Å². The Morgan fingerprint density at radius 1 is 1.53 bits per heavy atom. The van der Waals surface area contributed by atoms with Crippen molar-refractivity contribution in [2.45, 2.75) is 58.1 Å². The second-order valence-electron chi connectivity index (χ2n) is 4.84. The van der Waals surface area contributed by atoms with Gasteiger partial charge in [0.2, 0.25) is 0 Å². The normalized spacial score (nSPS) is 23.2. The average Bonchev–Trinajstić information content (AvgIpc) is 2.75. The Labute approximate surface area is 107 Å². The molecule has 0 amide bonds. The van der Waals surface area contributed by atoms with Crippen LogP contribution >= 0.6 is 11.3 Å². The molecule has 1 aliphatic rings. The molecule has 0 saturated carbocycles. The van der Waals surface area contributed by atoms with Gasteiger partial charge in [0.1, 0.15) is 10.6 Å². The minimum atomic E-state index is -0.240. The van der Waals surface area contributed by atoms with Crippen molar-refractivity contribution in [3.05, 3.63) is 15.6 Å². The van der Waals surface area contributed by atoms with Crippen LogP contribution in [0.15, 0.2) is 0 Å². The van der Waals surface area contributed by atoms with Crippen molar-refractivity contribution in [2.24, 2.45) is 5.73 Å². The van der Waals surface area contributed by atoms with Gasteiger partial charge in [-0.2, -0.15) is 0 Å². The maximum atomic E-state index is 6.12. The Morgan fingerprint density at radius 3 is 2.88 bits per heavy atom. The first-order chi connectivity index (χ1) is 8.10. The average molecular weight is 254 g/mol. The molecule has 1 aromatic rings. The minimum absolute atomic E-state index is 0.131. The van der Waals surface area contributed by atoms with Gasteiger partial charge in [-0.25, -0.2) is 4.98 Å². The highest BCUT2D eigenvalue weighted by Gasteiger charge is 2.32. The van der Waals surface area contributed by atoms with Gasteiger partial charge in [0.25, 0.3) is 0 Å². The predicted octanol–water partition coefficient (Wildman–Crippen LogP) is 3.14. The van der Waals surface area contributed by atoms with Crippen LogP contribution in [-0.4, -0.2) is 11.6 Å². The molecule has 2 N–H and O–H groups in total. The summed E-state index contributed by atoms with van der Waals surface area (Å²) < 4.78 is 5.88. The zero-order valence-corrected chi connectivity index (χ0v) is 11.8. The Kier molecular flexibility index (Phi) is 3.85. The number of hydrogen-bond acceptors (Lipinski definition) is 4. The fourth-order valence-corrected chi connectivity index (χ4v) is 3.66. The van der Waals surface area contributed by atoms with Gasteiger partial charge in [0, 0.05) is 17.5 Å². The second kappa shape index (κ2) is 5.04. The molecular weight excluding hydrogens is 232 g/mol. The molecule has 1 heterocycles. The third kappa shape index (κ3) is 2.39. The molecule has 2 unspecified atom stereocenters. The first-order valence-electron chi connectivity index (χ1n) is 6.50. The third-order valence-corrected chi connectivity index (χ3v) is 4.96. The van der Waals surface area contributed by atoms with Gasteiger partial charge in [-0.1, -0.05) is 6.92 Å². The van der Waals surface area contributed by atoms with E-state index in [0.29, 0.717) is 0 Å². The van der Waals surface area contributed by atoms with Gasteiger partial charge in [-0.05, 0) is 39.5 Å². The maximum absolute atomic E-state index is 6.12. The summed E-state index contributed by atoms with van der Waals surface area (Å²) in [6.45, 7) is 7.04. The number of ether oxygens (including phenoxy) is 1. The van der Waals surface area contributed by atoms with E-state index in [4.69, 9.17) is 15.5 Å². The molecule has 3 nitrogen and oxygen atoms in total. The number of hydrogen-bond donors (Lipinski definition) is 1. The molecule has 0 fully saturated rings. The van der Waals surface area contributed by atoms with Crippen LogP contribution in [0.1, 0.15) is 61.7 Å². The van der Waals surface area contributed by atoms with Crippen LogP contribution in [0, 0.1) is 0 Å². The van der Waals surface area contributed by atoms with Crippen LogP contribution in [-0.2, 0) is 16.8 Å². The summed E-state index contributed by atoms with van der Waals surface area (Å²) in [5.41, 5.74) is 7.00. The molecule has 17 heavy (non-hydrogen) atoms. The molecule has 0 saturated heterocycles. The van der Waals surface area contributed by atoms with Crippen LogP contribution in [0.4, 0.5) is 0 Å². The van der Waals surface area contributed by atoms with Crippen molar-refractivity contribution in [2.75, 3.05) is 6.61 Å². The molecule has 0 aromatic carbocycles. The Bertz CT molecular complexity index is 391. The summed E-state index contributed by atoms with van der Waals surface area (Å²) >= 11 is 1.79. The first-order valence-corrected chi connectivity index (χ1v) is 7.32. The SMILES string of the molecule is CCOC(C)(CC)c1nc2c(s1)CCCC2N. The van der Waals surface area contributed by atoms with E-state index in [1.54, 1.807) is 11.3 Å². The number of rotatable bonds is 4. The van der Waals surface area contributed by atoms with Crippen molar-refractivity contribution >= 4 is 11.3 Å². The zero-order valence-electron chi connectivity index (χ0n) is 11.0. The predicted molar refractivity (Wildman–Crippen MR) is 71.2 cm³/mol. The third-order valence-electron chi connectivity index (χ3n) is 3.59. The van der Waals surface area contributed by atoms with Crippen LogP contribution in [0.2, 0.25) is 0 Å². The maximum Gasteiger partial charge on any atom is 0.125 e. The molecule has 2 rings (SSSR count). The molecule has 0 radical (unpaired) electrons. The molecule has 0 spiro atoms.